The molecule has 0 bridgehead atoms. The van der Waals surface area contributed by atoms with Crippen LogP contribution in [-0.4, -0.2) is 30.3 Å². The molecular weight excluding hydrogens is 280 g/mol. The highest BCUT2D eigenvalue weighted by molar-refractivity contribution is 8.00. The maximum atomic E-state index is 11.1. The Labute approximate surface area is 108 Å². The Hall–Kier alpha value is -1.16. The van der Waals surface area contributed by atoms with Crippen LogP contribution in [0.25, 0.3) is 0 Å². The minimum atomic E-state index is -3.97. The highest BCUT2D eigenvalue weighted by Gasteiger charge is 2.20. The third-order valence-corrected chi connectivity index (χ3v) is 4.10. The molecule has 9 heteroatoms. The van der Waals surface area contributed by atoms with E-state index in [2.05, 4.69) is 0 Å². The molecule has 0 aliphatic heterocycles. The third kappa shape index (κ3) is 3.67. The standard InChI is InChI=1S/C9H12N2O5S2/c1-6(5-12)17-9-3-2-7(18(10,15)16)4-8(9)11(13)14/h2-4,6,12H,5H2,1H3,(H2,10,15,16). The second kappa shape index (κ2) is 5.65. The minimum absolute atomic E-state index is 0.140. The maximum absolute atomic E-state index is 11.1. The number of aliphatic hydroxyl groups excluding tert-OH is 1. The number of rotatable bonds is 5. The van der Waals surface area contributed by atoms with Crippen LogP contribution in [0.5, 0.6) is 0 Å². The highest BCUT2D eigenvalue weighted by atomic mass is 32.2. The first kappa shape index (κ1) is 14.9. The number of aliphatic hydroxyl groups is 1. The maximum Gasteiger partial charge on any atom is 0.284 e. The molecule has 0 aliphatic rings. The van der Waals surface area contributed by atoms with Crippen LogP contribution in [-0.2, 0) is 10.0 Å². The highest BCUT2D eigenvalue weighted by Crippen LogP contribution is 2.33. The van der Waals surface area contributed by atoms with E-state index in [0.717, 1.165) is 17.8 Å². The van der Waals surface area contributed by atoms with Gasteiger partial charge in [-0.05, 0) is 12.1 Å². The third-order valence-electron chi connectivity index (χ3n) is 2.04. The average molecular weight is 292 g/mol. The van der Waals surface area contributed by atoms with Crippen molar-refractivity contribution in [3.63, 3.8) is 0 Å². The van der Waals surface area contributed by atoms with Crippen molar-refractivity contribution in [1.29, 1.82) is 0 Å². The van der Waals surface area contributed by atoms with Gasteiger partial charge in [0.2, 0.25) is 10.0 Å². The van der Waals surface area contributed by atoms with E-state index in [-0.39, 0.29) is 27.3 Å². The molecule has 1 aromatic carbocycles. The fourth-order valence-corrected chi connectivity index (χ4v) is 2.61. The van der Waals surface area contributed by atoms with Crippen LogP contribution in [0.3, 0.4) is 0 Å². The average Bonchev–Trinajstić information content (AvgIpc) is 2.27. The fraction of sp³-hybridized carbons (Fsp3) is 0.333. The molecule has 1 atom stereocenters. The zero-order valence-electron chi connectivity index (χ0n) is 9.44. The molecule has 0 heterocycles. The number of benzene rings is 1. The summed E-state index contributed by atoms with van der Waals surface area (Å²) in [7, 11) is -3.97. The Morgan fingerprint density at radius 3 is 2.61 bits per heavy atom. The summed E-state index contributed by atoms with van der Waals surface area (Å²) in [6.45, 7) is 1.56. The summed E-state index contributed by atoms with van der Waals surface area (Å²) < 4.78 is 22.2. The fourth-order valence-electron chi connectivity index (χ4n) is 1.17. The number of thioether (sulfide) groups is 1. The Kier molecular flexibility index (Phi) is 4.68. The van der Waals surface area contributed by atoms with Crippen molar-refractivity contribution in [2.24, 2.45) is 5.14 Å². The normalized spacial score (nSPS) is 13.3. The molecular formula is C9H12N2O5S2. The summed E-state index contributed by atoms with van der Waals surface area (Å²) in [5.74, 6) is 0. The number of nitro benzene ring substituents is 1. The van der Waals surface area contributed by atoms with Crippen molar-refractivity contribution in [1.82, 2.24) is 0 Å². The molecule has 18 heavy (non-hydrogen) atoms. The lowest BCUT2D eigenvalue weighted by molar-refractivity contribution is -0.388. The zero-order chi connectivity index (χ0) is 13.9. The van der Waals surface area contributed by atoms with Gasteiger partial charge in [0, 0.05) is 11.3 Å². The second-order valence-electron chi connectivity index (χ2n) is 3.54. The van der Waals surface area contributed by atoms with Crippen LogP contribution in [0.2, 0.25) is 0 Å². The quantitative estimate of drug-likeness (QED) is 0.468. The molecule has 1 aromatic rings. The van der Waals surface area contributed by atoms with Crippen LogP contribution >= 0.6 is 11.8 Å². The van der Waals surface area contributed by atoms with E-state index < -0.39 is 14.9 Å². The smallest absolute Gasteiger partial charge is 0.284 e. The van der Waals surface area contributed by atoms with Gasteiger partial charge in [0.1, 0.15) is 0 Å². The Bertz CT molecular complexity index is 558. The summed E-state index contributed by atoms with van der Waals surface area (Å²) in [4.78, 5) is 10.2. The van der Waals surface area contributed by atoms with E-state index in [9.17, 15) is 18.5 Å². The zero-order valence-corrected chi connectivity index (χ0v) is 11.1. The van der Waals surface area contributed by atoms with Gasteiger partial charge in [-0.3, -0.25) is 10.1 Å². The van der Waals surface area contributed by atoms with Gasteiger partial charge in [0.15, 0.2) is 0 Å². The molecule has 0 saturated carbocycles. The largest absolute Gasteiger partial charge is 0.395 e. The summed E-state index contributed by atoms with van der Waals surface area (Å²) in [5.41, 5.74) is -0.341. The molecule has 0 saturated heterocycles. The first-order valence-corrected chi connectivity index (χ1v) is 7.27. The van der Waals surface area contributed by atoms with Crippen molar-refractivity contribution < 1.29 is 18.4 Å². The topological polar surface area (TPSA) is 124 Å². The van der Waals surface area contributed by atoms with E-state index in [1.54, 1.807) is 6.92 Å². The summed E-state index contributed by atoms with van der Waals surface area (Å²) in [6.07, 6.45) is 0. The first-order valence-electron chi connectivity index (χ1n) is 4.84. The van der Waals surface area contributed by atoms with Crippen LogP contribution in [0, 0.1) is 10.1 Å². The van der Waals surface area contributed by atoms with Crippen molar-refractivity contribution in [2.45, 2.75) is 22.0 Å². The molecule has 1 rings (SSSR count). The van der Waals surface area contributed by atoms with Gasteiger partial charge in [0.05, 0.1) is 21.3 Å². The van der Waals surface area contributed by atoms with Gasteiger partial charge in [0.25, 0.3) is 5.69 Å². The van der Waals surface area contributed by atoms with E-state index >= 15 is 0 Å². The van der Waals surface area contributed by atoms with Crippen LogP contribution in [0.15, 0.2) is 28.0 Å². The summed E-state index contributed by atoms with van der Waals surface area (Å²) >= 11 is 1.09. The first-order chi connectivity index (χ1) is 8.25. The lowest BCUT2D eigenvalue weighted by Crippen LogP contribution is -2.12. The summed E-state index contributed by atoms with van der Waals surface area (Å²) in [5, 5.41) is 24.4. The van der Waals surface area contributed by atoms with E-state index in [1.165, 1.54) is 12.1 Å². The Morgan fingerprint density at radius 2 is 2.17 bits per heavy atom. The van der Waals surface area contributed by atoms with E-state index in [0.29, 0.717) is 0 Å². The van der Waals surface area contributed by atoms with E-state index in [4.69, 9.17) is 10.2 Å². The number of sulfonamides is 1. The molecule has 7 nitrogen and oxygen atoms in total. The monoisotopic (exact) mass is 292 g/mol. The van der Waals surface area contributed by atoms with Gasteiger partial charge >= 0.3 is 0 Å². The predicted octanol–water partition coefficient (Wildman–Crippen LogP) is 0.715. The molecule has 3 N–H and O–H groups in total. The lowest BCUT2D eigenvalue weighted by Gasteiger charge is -2.08. The number of hydrogen-bond acceptors (Lipinski definition) is 6. The number of nitro groups is 1. The van der Waals surface area contributed by atoms with Gasteiger partial charge < -0.3 is 5.11 Å². The number of hydrogen-bond donors (Lipinski definition) is 2. The SMILES string of the molecule is CC(CO)Sc1ccc(S(N)(=O)=O)cc1[N+](=O)[O-]. The number of nitrogens with zero attached hydrogens (tertiary/aromatic N) is 1. The van der Waals surface area contributed by atoms with Crippen molar-refractivity contribution in [3.8, 4) is 0 Å². The predicted molar refractivity (Wildman–Crippen MR) is 66.9 cm³/mol. The van der Waals surface area contributed by atoms with Gasteiger partial charge in [-0.15, -0.1) is 11.8 Å². The molecule has 0 aliphatic carbocycles. The van der Waals surface area contributed by atoms with Crippen LogP contribution in [0.4, 0.5) is 5.69 Å². The van der Waals surface area contributed by atoms with Crippen molar-refractivity contribution in [3.05, 3.63) is 28.3 Å². The van der Waals surface area contributed by atoms with Crippen LogP contribution in [0.1, 0.15) is 6.92 Å². The molecule has 1 unspecified atom stereocenters. The molecule has 0 aromatic heterocycles. The Balaban J connectivity index is 3.25. The van der Waals surface area contributed by atoms with Gasteiger partial charge in [-0.1, -0.05) is 6.92 Å². The second-order valence-corrected chi connectivity index (χ2v) is 6.58. The van der Waals surface area contributed by atoms with Crippen molar-refractivity contribution in [2.75, 3.05) is 6.61 Å². The minimum Gasteiger partial charge on any atom is -0.395 e. The molecule has 0 radical (unpaired) electrons. The molecule has 100 valence electrons. The number of primary sulfonamides is 1. The molecule has 0 fully saturated rings. The van der Waals surface area contributed by atoms with E-state index in [1.807, 2.05) is 0 Å². The lowest BCUT2D eigenvalue weighted by atomic mass is 10.3. The Morgan fingerprint density at radius 1 is 1.56 bits per heavy atom. The summed E-state index contributed by atoms with van der Waals surface area (Å²) in [6, 6.07) is 3.44. The van der Waals surface area contributed by atoms with Crippen molar-refractivity contribution >= 4 is 27.5 Å². The van der Waals surface area contributed by atoms with Crippen LogP contribution < -0.4 is 5.14 Å². The van der Waals surface area contributed by atoms with Gasteiger partial charge in [-0.25, -0.2) is 13.6 Å². The van der Waals surface area contributed by atoms with Gasteiger partial charge in [-0.2, -0.15) is 0 Å². The number of nitrogens with two attached hydrogens (primary N) is 1. The molecule has 0 spiro atoms. The molecule has 0 amide bonds.